The monoisotopic (exact) mass is 352 g/mol. The Morgan fingerprint density at radius 1 is 1.58 bits per heavy atom. The van der Waals surface area contributed by atoms with Crippen molar-refractivity contribution in [2.24, 2.45) is 9.98 Å². The zero-order valence-electron chi connectivity index (χ0n) is 14.7. The third-order valence-electron chi connectivity index (χ3n) is 3.22. The summed E-state index contributed by atoms with van der Waals surface area (Å²) in [6.07, 6.45) is 5.18. The molecular formula is C18H20N6O2. The molecule has 26 heavy (non-hydrogen) atoms. The molecule has 0 aromatic carbocycles. The van der Waals surface area contributed by atoms with Gasteiger partial charge in [0.05, 0.1) is 29.3 Å². The van der Waals surface area contributed by atoms with Gasteiger partial charge in [-0.1, -0.05) is 6.58 Å². The largest absolute Gasteiger partial charge is 0.404 e. The van der Waals surface area contributed by atoms with E-state index in [1.54, 1.807) is 19.9 Å². The lowest BCUT2D eigenvalue weighted by Crippen LogP contribution is -2.13. The van der Waals surface area contributed by atoms with Gasteiger partial charge < -0.3 is 14.8 Å². The van der Waals surface area contributed by atoms with Gasteiger partial charge in [0, 0.05) is 23.6 Å². The van der Waals surface area contributed by atoms with E-state index in [9.17, 15) is 4.79 Å². The van der Waals surface area contributed by atoms with Crippen LogP contribution in [0.4, 0.5) is 5.69 Å². The molecule has 8 nitrogen and oxygen atoms in total. The van der Waals surface area contributed by atoms with E-state index >= 15 is 0 Å². The predicted molar refractivity (Wildman–Crippen MR) is 103 cm³/mol. The number of pyridine rings is 1. The number of aldehydes is 1. The summed E-state index contributed by atoms with van der Waals surface area (Å²) in [4.78, 5) is 22.9. The van der Waals surface area contributed by atoms with Crippen LogP contribution < -0.4 is 5.32 Å². The minimum atomic E-state index is -0.128. The van der Waals surface area contributed by atoms with Gasteiger partial charge in [-0.05, 0) is 32.2 Å². The first-order valence-corrected chi connectivity index (χ1v) is 7.57. The fraction of sp³-hybridized carbons (Fsp3) is 0.222. The van der Waals surface area contributed by atoms with Crippen LogP contribution in [0.25, 0.3) is 5.57 Å². The number of nitrogens with zero attached hydrogens (tertiary/aromatic N) is 4. The summed E-state index contributed by atoms with van der Waals surface area (Å²) in [6.45, 7) is 10.7. The minimum Gasteiger partial charge on any atom is -0.404 e. The molecule has 1 aromatic heterocycles. The quantitative estimate of drug-likeness (QED) is 0.290. The van der Waals surface area contributed by atoms with Crippen LogP contribution in [0.2, 0.25) is 0 Å². The molecule has 0 aliphatic rings. The van der Waals surface area contributed by atoms with Crippen LogP contribution in [-0.4, -0.2) is 43.2 Å². The summed E-state index contributed by atoms with van der Waals surface area (Å²) in [5.41, 5.74) is 3.57. The van der Waals surface area contributed by atoms with Gasteiger partial charge in [0.15, 0.2) is 6.73 Å². The van der Waals surface area contributed by atoms with E-state index in [-0.39, 0.29) is 19.0 Å². The average Bonchev–Trinajstić information content (AvgIpc) is 2.62. The smallest absolute Gasteiger partial charge is 0.288 e. The van der Waals surface area contributed by atoms with E-state index in [2.05, 4.69) is 38.3 Å². The summed E-state index contributed by atoms with van der Waals surface area (Å²) < 4.78 is 4.50. The Labute approximate surface area is 152 Å². The van der Waals surface area contributed by atoms with Crippen molar-refractivity contribution in [3.8, 4) is 6.26 Å². The number of aryl methyl sites for hydroxylation is 1. The molecule has 2 N–H and O–H groups in total. The summed E-state index contributed by atoms with van der Waals surface area (Å²) in [7, 11) is 0. The second-order valence-corrected chi connectivity index (χ2v) is 5.16. The van der Waals surface area contributed by atoms with Crippen LogP contribution in [-0.2, 0) is 9.53 Å². The number of carbonyl (C=O) groups excluding carboxylic acids is 1. The van der Waals surface area contributed by atoms with E-state index in [0.29, 0.717) is 33.8 Å². The van der Waals surface area contributed by atoms with Crippen molar-refractivity contribution in [2.45, 2.75) is 13.8 Å². The van der Waals surface area contributed by atoms with E-state index in [4.69, 9.17) is 10.7 Å². The first-order valence-electron chi connectivity index (χ1n) is 7.57. The van der Waals surface area contributed by atoms with Gasteiger partial charge in [-0.2, -0.15) is 5.26 Å². The molecule has 0 aliphatic heterocycles. The fourth-order valence-electron chi connectivity index (χ4n) is 2.08. The molecule has 0 unspecified atom stereocenters. The van der Waals surface area contributed by atoms with Crippen molar-refractivity contribution < 1.29 is 9.53 Å². The van der Waals surface area contributed by atoms with Crippen molar-refractivity contribution >= 4 is 36.2 Å². The van der Waals surface area contributed by atoms with Gasteiger partial charge in [-0.3, -0.25) is 20.4 Å². The number of aliphatic imine (C=N–C) groups is 2. The van der Waals surface area contributed by atoms with Crippen molar-refractivity contribution in [1.82, 2.24) is 4.98 Å². The summed E-state index contributed by atoms with van der Waals surface area (Å²) in [5, 5.41) is 19.6. The number of carbonyl (C=O) groups is 1. The van der Waals surface area contributed by atoms with Crippen LogP contribution in [0.15, 0.2) is 34.4 Å². The van der Waals surface area contributed by atoms with Gasteiger partial charge in [-0.25, -0.2) is 0 Å². The Bertz CT molecular complexity index is 818. The SMILES string of the molecule is C=N/C=C(\C=NCOC#N)c1cc(C(=N)C(=C)C)c(NCC=O)c(C)n1. The molecule has 0 radical (unpaired) electrons. The molecule has 134 valence electrons. The fourth-order valence-corrected chi connectivity index (χ4v) is 2.08. The third kappa shape index (κ3) is 5.49. The number of nitriles is 1. The number of anilines is 1. The molecule has 8 heteroatoms. The average molecular weight is 352 g/mol. The highest BCUT2D eigenvalue weighted by molar-refractivity contribution is 6.15. The number of hydrogen-bond acceptors (Lipinski definition) is 8. The van der Waals surface area contributed by atoms with Crippen molar-refractivity contribution in [2.75, 3.05) is 18.6 Å². The molecule has 1 heterocycles. The Morgan fingerprint density at radius 3 is 2.88 bits per heavy atom. The molecule has 0 saturated heterocycles. The number of hydrogen-bond donors (Lipinski definition) is 2. The van der Waals surface area contributed by atoms with E-state index in [1.165, 1.54) is 18.7 Å². The van der Waals surface area contributed by atoms with Crippen LogP contribution in [0.1, 0.15) is 23.9 Å². The zero-order valence-corrected chi connectivity index (χ0v) is 14.7. The zero-order chi connectivity index (χ0) is 19.5. The van der Waals surface area contributed by atoms with E-state index < -0.39 is 0 Å². The van der Waals surface area contributed by atoms with Crippen LogP contribution in [0.3, 0.4) is 0 Å². The second kappa shape index (κ2) is 10.3. The number of nitrogens with one attached hydrogen (secondary N) is 2. The first-order chi connectivity index (χ1) is 12.5. The van der Waals surface area contributed by atoms with Gasteiger partial charge in [0.25, 0.3) is 6.26 Å². The number of ether oxygens (including phenoxy) is 1. The first kappa shape index (κ1) is 20.4. The Balaban J connectivity index is 3.44. The molecule has 0 fully saturated rings. The van der Waals surface area contributed by atoms with Crippen molar-refractivity contribution in [1.29, 1.82) is 10.7 Å². The summed E-state index contributed by atoms with van der Waals surface area (Å²) in [6, 6.07) is 1.69. The molecule has 1 rings (SSSR count). The number of rotatable bonds is 10. The Morgan fingerprint density at radius 2 is 2.31 bits per heavy atom. The van der Waals surface area contributed by atoms with Crippen LogP contribution in [0.5, 0.6) is 0 Å². The molecule has 0 spiro atoms. The normalized spacial score (nSPS) is 10.9. The van der Waals surface area contributed by atoms with Crippen molar-refractivity contribution in [3.63, 3.8) is 0 Å². The highest BCUT2D eigenvalue weighted by atomic mass is 16.5. The van der Waals surface area contributed by atoms with Gasteiger partial charge in [0.2, 0.25) is 0 Å². The number of allylic oxidation sites excluding steroid dienone is 2. The van der Waals surface area contributed by atoms with Crippen molar-refractivity contribution in [3.05, 3.63) is 41.4 Å². The lowest BCUT2D eigenvalue weighted by Gasteiger charge is -2.16. The second-order valence-electron chi connectivity index (χ2n) is 5.16. The lowest BCUT2D eigenvalue weighted by atomic mass is 10.00. The maximum atomic E-state index is 10.7. The Hall–Kier alpha value is -3.60. The van der Waals surface area contributed by atoms with Crippen LogP contribution >= 0.6 is 0 Å². The molecular weight excluding hydrogens is 332 g/mol. The molecule has 1 aromatic rings. The highest BCUT2D eigenvalue weighted by Gasteiger charge is 2.15. The standard InChI is InChI=1S/C18H20N6O2/c1-12(2)17(20)15-7-16(24-13(3)18(15)23-5-6-25)14(8-21-4)9-22-11-26-10-19/h6-9,20,23H,1,4-5,11H2,2-3H3/b14-8+,20-17?,22-9?. The topological polar surface area (TPSA) is 124 Å². The van der Waals surface area contributed by atoms with E-state index in [1.807, 2.05) is 0 Å². The molecule has 0 saturated carbocycles. The number of aromatic nitrogens is 1. The lowest BCUT2D eigenvalue weighted by molar-refractivity contribution is -0.106. The maximum absolute atomic E-state index is 10.7. The summed E-state index contributed by atoms with van der Waals surface area (Å²) in [5.74, 6) is 0. The molecule has 0 atom stereocenters. The van der Waals surface area contributed by atoms with Crippen LogP contribution in [0, 0.1) is 23.9 Å². The highest BCUT2D eigenvalue weighted by Crippen LogP contribution is 2.25. The predicted octanol–water partition coefficient (Wildman–Crippen LogP) is 2.51. The summed E-state index contributed by atoms with van der Waals surface area (Å²) >= 11 is 0. The molecule has 0 amide bonds. The van der Waals surface area contributed by atoms with Gasteiger partial charge >= 0.3 is 0 Å². The van der Waals surface area contributed by atoms with Gasteiger partial charge in [-0.15, -0.1) is 0 Å². The maximum Gasteiger partial charge on any atom is 0.288 e. The Kier molecular flexibility index (Phi) is 8.10. The van der Waals surface area contributed by atoms with Gasteiger partial charge in [0.1, 0.15) is 6.29 Å². The molecule has 0 aliphatic carbocycles. The van der Waals surface area contributed by atoms with E-state index in [0.717, 1.165) is 6.29 Å². The minimum absolute atomic E-state index is 0.0994. The third-order valence-corrected chi connectivity index (χ3v) is 3.22. The molecule has 0 bridgehead atoms.